The third kappa shape index (κ3) is 3.71. The van der Waals surface area contributed by atoms with Gasteiger partial charge in [0.05, 0.1) is 38.9 Å². The molecule has 3 aromatic rings. The minimum absolute atomic E-state index is 0.0315. The van der Waals surface area contributed by atoms with E-state index in [2.05, 4.69) is 21.9 Å². The van der Waals surface area contributed by atoms with Gasteiger partial charge in [0.1, 0.15) is 24.9 Å². The Morgan fingerprint density at radius 1 is 1.24 bits per heavy atom. The molecule has 4 heterocycles. The van der Waals surface area contributed by atoms with Gasteiger partial charge in [0.2, 0.25) is 5.91 Å². The van der Waals surface area contributed by atoms with Crippen molar-refractivity contribution in [2.24, 2.45) is 0 Å². The van der Waals surface area contributed by atoms with Crippen LogP contribution < -0.4 is 14.8 Å². The maximum absolute atomic E-state index is 14.7. The summed E-state index contributed by atoms with van der Waals surface area (Å²) in [6, 6.07) is 6.41. The molecule has 3 aliphatic heterocycles. The molecule has 3 saturated heterocycles. The number of hydrogen-bond acceptors (Lipinski definition) is 7. The maximum atomic E-state index is 14.7. The van der Waals surface area contributed by atoms with Gasteiger partial charge in [-0.2, -0.15) is 0 Å². The highest BCUT2D eigenvalue weighted by Gasteiger charge is 2.79. The number of rotatable bonds is 8. The van der Waals surface area contributed by atoms with Crippen LogP contribution in [0.5, 0.6) is 11.5 Å². The molecule has 0 unspecified atom stereocenters. The van der Waals surface area contributed by atoms with Crippen molar-refractivity contribution in [3.05, 3.63) is 59.1 Å². The van der Waals surface area contributed by atoms with Crippen LogP contribution in [0.4, 0.5) is 15.9 Å². The van der Waals surface area contributed by atoms with Crippen molar-refractivity contribution in [3.63, 3.8) is 0 Å². The van der Waals surface area contributed by atoms with Crippen molar-refractivity contribution in [1.29, 1.82) is 0 Å². The molecule has 11 heteroatoms. The van der Waals surface area contributed by atoms with Crippen LogP contribution in [0.2, 0.25) is 10.0 Å². The van der Waals surface area contributed by atoms with E-state index < -0.39 is 5.82 Å². The largest absolute Gasteiger partial charge is 0.487 e. The summed E-state index contributed by atoms with van der Waals surface area (Å²) in [5.41, 5.74) is 0.305. The molecule has 6 aliphatic rings. The molecule has 6 fully saturated rings. The molecular formula is C26H23Cl2FN4O4. The number of anilines is 2. The van der Waals surface area contributed by atoms with Crippen molar-refractivity contribution in [2.75, 3.05) is 18.5 Å². The highest BCUT2D eigenvalue weighted by atomic mass is 35.5. The van der Waals surface area contributed by atoms with Gasteiger partial charge in [-0.15, -0.1) is 0 Å². The van der Waals surface area contributed by atoms with Gasteiger partial charge in [0.15, 0.2) is 17.3 Å². The molecule has 3 aliphatic carbocycles. The van der Waals surface area contributed by atoms with Crippen LogP contribution in [0.1, 0.15) is 25.7 Å². The molecule has 1 aromatic heterocycles. The van der Waals surface area contributed by atoms with Gasteiger partial charge >= 0.3 is 0 Å². The molecule has 0 spiro atoms. The van der Waals surface area contributed by atoms with Crippen LogP contribution in [0.25, 0.3) is 10.9 Å². The summed E-state index contributed by atoms with van der Waals surface area (Å²) >= 11 is 11.9. The second kappa shape index (κ2) is 8.72. The molecule has 1 amide bonds. The molecule has 2 N–H and O–H groups in total. The SMILES string of the molecule is C=CC(=O)N1C23CC(Oc4cc5c(Nc6ccc(Cl)c(Cl)c6F)ncnc5cc4OCCO)CC1(C2)C3. The molecule has 0 atom stereocenters. The molecule has 2 aromatic carbocycles. The van der Waals surface area contributed by atoms with Crippen LogP contribution in [0, 0.1) is 5.82 Å². The van der Waals surface area contributed by atoms with Crippen LogP contribution in [-0.4, -0.2) is 56.3 Å². The molecule has 8 nitrogen and oxygen atoms in total. The monoisotopic (exact) mass is 544 g/mol. The fourth-order valence-electron chi connectivity index (χ4n) is 6.30. The van der Waals surface area contributed by atoms with E-state index in [1.807, 2.05) is 4.90 Å². The quantitative estimate of drug-likeness (QED) is 0.303. The fourth-order valence-corrected chi connectivity index (χ4v) is 6.61. The number of aromatic nitrogens is 2. The average molecular weight is 545 g/mol. The zero-order valence-electron chi connectivity index (χ0n) is 19.6. The van der Waals surface area contributed by atoms with Gasteiger partial charge in [-0.05, 0) is 37.1 Å². The lowest BCUT2D eigenvalue weighted by atomic mass is 9.42. The Morgan fingerprint density at radius 3 is 2.70 bits per heavy atom. The van der Waals surface area contributed by atoms with Crippen molar-refractivity contribution in [2.45, 2.75) is 42.9 Å². The number of halogens is 3. The first-order valence-electron chi connectivity index (χ1n) is 11.9. The zero-order valence-corrected chi connectivity index (χ0v) is 21.2. The highest BCUT2D eigenvalue weighted by Crippen LogP contribution is 2.71. The van der Waals surface area contributed by atoms with E-state index in [-0.39, 0.29) is 52.0 Å². The number of benzene rings is 2. The lowest BCUT2D eigenvalue weighted by molar-refractivity contribution is -0.301. The van der Waals surface area contributed by atoms with Gasteiger partial charge in [-0.3, -0.25) is 4.79 Å². The van der Waals surface area contributed by atoms with Crippen molar-refractivity contribution >= 4 is 51.5 Å². The van der Waals surface area contributed by atoms with Crippen molar-refractivity contribution < 1.29 is 23.8 Å². The van der Waals surface area contributed by atoms with Crippen molar-refractivity contribution in [1.82, 2.24) is 14.9 Å². The predicted octanol–water partition coefficient (Wildman–Crippen LogP) is 5.03. The number of piperidine rings is 1. The summed E-state index contributed by atoms with van der Waals surface area (Å²) < 4.78 is 26.9. The summed E-state index contributed by atoms with van der Waals surface area (Å²) in [5.74, 6) is 0.492. The summed E-state index contributed by atoms with van der Waals surface area (Å²) in [4.78, 5) is 22.9. The number of hydrogen-bond donors (Lipinski definition) is 2. The summed E-state index contributed by atoms with van der Waals surface area (Å²) in [6.07, 6.45) is 5.98. The molecule has 2 bridgehead atoms. The van der Waals surface area contributed by atoms with E-state index in [0.29, 0.717) is 41.1 Å². The lowest BCUT2D eigenvalue weighted by Gasteiger charge is -2.82. The Hall–Kier alpha value is -3.14. The van der Waals surface area contributed by atoms with E-state index in [9.17, 15) is 14.3 Å². The Kier molecular flexibility index (Phi) is 5.70. The number of aliphatic hydroxyl groups is 1. The topological polar surface area (TPSA) is 96.8 Å². The first kappa shape index (κ1) is 24.2. The number of amides is 1. The Balaban J connectivity index is 1.32. The smallest absolute Gasteiger partial charge is 0.246 e. The fraction of sp³-hybridized carbons (Fsp3) is 0.346. The van der Waals surface area contributed by atoms with Gasteiger partial charge in [0, 0.05) is 24.3 Å². The van der Waals surface area contributed by atoms with Gasteiger partial charge in [-0.1, -0.05) is 29.8 Å². The Labute approximate surface area is 222 Å². The van der Waals surface area contributed by atoms with Crippen LogP contribution >= 0.6 is 23.2 Å². The number of ether oxygens (including phenoxy) is 2. The van der Waals surface area contributed by atoms with E-state index in [1.54, 1.807) is 12.1 Å². The van der Waals surface area contributed by atoms with Crippen molar-refractivity contribution in [3.8, 4) is 11.5 Å². The number of nitrogens with zero attached hydrogens (tertiary/aromatic N) is 3. The first-order chi connectivity index (χ1) is 17.8. The Bertz CT molecular complexity index is 1430. The lowest BCUT2D eigenvalue weighted by Crippen LogP contribution is -2.91. The van der Waals surface area contributed by atoms with Gasteiger partial charge in [0.25, 0.3) is 0 Å². The standard InChI is InChI=1S/C26H23Cl2FN4O4/c1-2-21(35)33-25-9-14(10-26(33,11-25)12-25)37-20-7-15-18(8-19(20)36-6-5-34)30-13-31-24(15)32-17-4-3-16(27)22(28)23(17)29/h2-4,7-8,13-14,34H,1,5-6,9-12H2,(H,30,31,32). The summed E-state index contributed by atoms with van der Waals surface area (Å²) in [5, 5.41) is 12.8. The normalized spacial score (nSPS) is 25.2. The summed E-state index contributed by atoms with van der Waals surface area (Å²) in [6.45, 7) is 3.54. The second-order valence-corrected chi connectivity index (χ2v) is 10.6. The third-order valence-electron chi connectivity index (χ3n) is 7.51. The Morgan fingerprint density at radius 2 is 2.00 bits per heavy atom. The van der Waals surface area contributed by atoms with Crippen LogP contribution in [0.15, 0.2) is 43.2 Å². The van der Waals surface area contributed by atoms with E-state index in [4.69, 9.17) is 32.7 Å². The molecule has 0 radical (unpaired) electrons. The molecule has 9 rings (SSSR count). The molecule has 37 heavy (non-hydrogen) atoms. The molecule has 3 saturated carbocycles. The van der Waals surface area contributed by atoms with Crippen LogP contribution in [0.3, 0.4) is 0 Å². The number of carbonyl (C=O) groups is 1. The third-order valence-corrected chi connectivity index (χ3v) is 8.29. The highest BCUT2D eigenvalue weighted by molar-refractivity contribution is 6.42. The summed E-state index contributed by atoms with van der Waals surface area (Å²) in [7, 11) is 0. The number of fused-ring (bicyclic) bond motifs is 1. The van der Waals surface area contributed by atoms with E-state index >= 15 is 0 Å². The number of carbonyl (C=O) groups excluding carboxylic acids is 1. The minimum atomic E-state index is -0.696. The van der Waals surface area contributed by atoms with Gasteiger partial charge < -0.3 is 24.8 Å². The van der Waals surface area contributed by atoms with Gasteiger partial charge in [-0.25, -0.2) is 14.4 Å². The maximum Gasteiger partial charge on any atom is 0.246 e. The zero-order chi connectivity index (χ0) is 25.9. The van der Waals surface area contributed by atoms with E-state index in [1.165, 1.54) is 24.5 Å². The minimum Gasteiger partial charge on any atom is -0.487 e. The molecular weight excluding hydrogens is 522 g/mol. The molecule has 192 valence electrons. The first-order valence-corrected chi connectivity index (χ1v) is 12.6. The van der Waals surface area contributed by atoms with E-state index in [0.717, 1.165) is 12.8 Å². The predicted molar refractivity (Wildman–Crippen MR) is 137 cm³/mol. The average Bonchev–Trinajstić information content (AvgIpc) is 2.87. The van der Waals surface area contributed by atoms with Crippen LogP contribution in [-0.2, 0) is 4.79 Å². The number of nitrogens with one attached hydrogen (secondary N) is 1. The number of aliphatic hydroxyl groups excluding tert-OH is 1. The second-order valence-electron chi connectivity index (χ2n) is 9.79.